The lowest BCUT2D eigenvalue weighted by Crippen LogP contribution is -2.24. The van der Waals surface area contributed by atoms with Gasteiger partial charge in [0.05, 0.1) is 0 Å². The molecule has 1 aromatic rings. The Bertz CT molecular complexity index is 278. The molecule has 0 fully saturated rings. The average molecular weight is 197 g/mol. The summed E-state index contributed by atoms with van der Waals surface area (Å²) in [7, 11) is 2.05. The summed E-state index contributed by atoms with van der Waals surface area (Å²) in [5, 5.41) is 3.13. The predicted molar refractivity (Wildman–Crippen MR) is 55.9 cm³/mol. The van der Waals surface area contributed by atoms with Crippen LogP contribution in [0.5, 0.6) is 0 Å². The SMILES string of the molecule is CCN(C)CCNc1ccnc(F)c1. The Hall–Kier alpha value is -1.16. The van der Waals surface area contributed by atoms with Crippen molar-refractivity contribution in [2.75, 3.05) is 32.0 Å². The lowest BCUT2D eigenvalue weighted by molar-refractivity contribution is 0.367. The number of nitrogens with one attached hydrogen (secondary N) is 1. The van der Waals surface area contributed by atoms with Gasteiger partial charge in [0.25, 0.3) is 0 Å². The first-order valence-electron chi connectivity index (χ1n) is 4.76. The molecule has 14 heavy (non-hydrogen) atoms. The van der Waals surface area contributed by atoms with Crippen LogP contribution in [0.4, 0.5) is 10.1 Å². The molecule has 0 atom stereocenters. The van der Waals surface area contributed by atoms with Crippen LogP contribution >= 0.6 is 0 Å². The molecule has 0 radical (unpaired) electrons. The fourth-order valence-corrected chi connectivity index (χ4v) is 1.06. The number of rotatable bonds is 5. The van der Waals surface area contributed by atoms with Gasteiger partial charge in [-0.15, -0.1) is 0 Å². The van der Waals surface area contributed by atoms with E-state index < -0.39 is 5.95 Å². The second kappa shape index (κ2) is 5.54. The van der Waals surface area contributed by atoms with Gasteiger partial charge in [-0.1, -0.05) is 6.92 Å². The number of aromatic nitrogens is 1. The highest BCUT2D eigenvalue weighted by atomic mass is 19.1. The van der Waals surface area contributed by atoms with E-state index in [9.17, 15) is 4.39 Å². The zero-order valence-electron chi connectivity index (χ0n) is 8.63. The number of nitrogens with zero attached hydrogens (tertiary/aromatic N) is 2. The highest BCUT2D eigenvalue weighted by Crippen LogP contribution is 2.05. The minimum absolute atomic E-state index is 0.446. The molecule has 0 saturated carbocycles. The van der Waals surface area contributed by atoms with E-state index >= 15 is 0 Å². The van der Waals surface area contributed by atoms with E-state index in [4.69, 9.17) is 0 Å². The van der Waals surface area contributed by atoms with Crippen LogP contribution in [0, 0.1) is 5.95 Å². The van der Waals surface area contributed by atoms with E-state index in [1.807, 2.05) is 0 Å². The topological polar surface area (TPSA) is 28.2 Å². The molecule has 0 aliphatic heterocycles. The van der Waals surface area contributed by atoms with Crippen molar-refractivity contribution in [1.29, 1.82) is 0 Å². The highest BCUT2D eigenvalue weighted by Gasteiger charge is 1.96. The van der Waals surface area contributed by atoms with Gasteiger partial charge >= 0.3 is 0 Å². The van der Waals surface area contributed by atoms with Crippen LogP contribution in [0.3, 0.4) is 0 Å². The third kappa shape index (κ3) is 3.70. The largest absolute Gasteiger partial charge is 0.384 e. The van der Waals surface area contributed by atoms with Gasteiger partial charge in [0.1, 0.15) is 0 Å². The Labute approximate surface area is 84.0 Å². The maximum absolute atomic E-state index is 12.7. The lowest BCUT2D eigenvalue weighted by atomic mass is 10.4. The van der Waals surface area contributed by atoms with Gasteiger partial charge in [-0.05, 0) is 19.7 Å². The molecule has 78 valence electrons. The molecular weight excluding hydrogens is 181 g/mol. The first-order valence-corrected chi connectivity index (χ1v) is 4.76. The van der Waals surface area contributed by atoms with Crippen molar-refractivity contribution in [2.24, 2.45) is 0 Å². The minimum atomic E-state index is -0.446. The maximum atomic E-state index is 12.7. The van der Waals surface area contributed by atoms with Crippen LogP contribution in [0.25, 0.3) is 0 Å². The van der Waals surface area contributed by atoms with Crippen LogP contribution in [0.1, 0.15) is 6.92 Å². The highest BCUT2D eigenvalue weighted by molar-refractivity contribution is 5.40. The van der Waals surface area contributed by atoms with E-state index in [1.165, 1.54) is 12.3 Å². The summed E-state index contributed by atoms with van der Waals surface area (Å²) in [5.74, 6) is -0.446. The first kappa shape index (κ1) is 10.9. The van der Waals surface area contributed by atoms with Gasteiger partial charge in [-0.25, -0.2) is 4.98 Å². The summed E-state index contributed by atoms with van der Waals surface area (Å²) in [6.45, 7) is 4.88. The van der Waals surface area contributed by atoms with Crippen LogP contribution < -0.4 is 5.32 Å². The van der Waals surface area contributed by atoms with Crippen LogP contribution in [-0.2, 0) is 0 Å². The summed E-state index contributed by atoms with van der Waals surface area (Å²) in [5.41, 5.74) is 0.780. The fourth-order valence-electron chi connectivity index (χ4n) is 1.06. The van der Waals surface area contributed by atoms with Gasteiger partial charge in [-0.3, -0.25) is 0 Å². The number of halogens is 1. The van der Waals surface area contributed by atoms with Gasteiger partial charge < -0.3 is 10.2 Å². The summed E-state index contributed by atoms with van der Waals surface area (Å²) in [6, 6.07) is 3.15. The zero-order chi connectivity index (χ0) is 10.4. The summed E-state index contributed by atoms with van der Waals surface area (Å²) < 4.78 is 12.7. The third-order valence-electron chi connectivity index (χ3n) is 2.09. The third-order valence-corrected chi connectivity index (χ3v) is 2.09. The molecule has 1 N–H and O–H groups in total. The molecule has 0 aliphatic rings. The number of likely N-dealkylation sites (N-methyl/N-ethyl adjacent to an activating group) is 1. The Morgan fingerprint density at radius 1 is 1.57 bits per heavy atom. The second-order valence-corrected chi connectivity index (χ2v) is 3.19. The van der Waals surface area contributed by atoms with Gasteiger partial charge in [0, 0.05) is 31.0 Å². The average Bonchev–Trinajstić information content (AvgIpc) is 2.17. The van der Waals surface area contributed by atoms with Crippen molar-refractivity contribution in [3.05, 3.63) is 24.3 Å². The van der Waals surface area contributed by atoms with Crippen LogP contribution in [0.2, 0.25) is 0 Å². The molecule has 3 nitrogen and oxygen atoms in total. The summed E-state index contributed by atoms with van der Waals surface area (Å²) in [6.07, 6.45) is 1.46. The van der Waals surface area contributed by atoms with Gasteiger partial charge in [0.15, 0.2) is 0 Å². The first-order chi connectivity index (χ1) is 6.72. The van der Waals surface area contributed by atoms with E-state index in [1.54, 1.807) is 6.07 Å². The number of anilines is 1. The van der Waals surface area contributed by atoms with Gasteiger partial charge in [0.2, 0.25) is 5.95 Å². The van der Waals surface area contributed by atoms with Crippen molar-refractivity contribution in [3.8, 4) is 0 Å². The molecule has 0 saturated heterocycles. The van der Waals surface area contributed by atoms with E-state index in [-0.39, 0.29) is 0 Å². The number of hydrogen-bond acceptors (Lipinski definition) is 3. The maximum Gasteiger partial charge on any atom is 0.214 e. The molecule has 4 heteroatoms. The predicted octanol–water partition coefficient (Wildman–Crippen LogP) is 1.58. The second-order valence-electron chi connectivity index (χ2n) is 3.19. The lowest BCUT2D eigenvalue weighted by Gasteiger charge is -2.14. The Balaban J connectivity index is 2.31. The number of pyridine rings is 1. The smallest absolute Gasteiger partial charge is 0.214 e. The minimum Gasteiger partial charge on any atom is -0.384 e. The molecule has 1 rings (SSSR count). The summed E-state index contributed by atoms with van der Waals surface area (Å²) >= 11 is 0. The standard InChI is InChI=1S/C10H16FN3/c1-3-14(2)7-6-12-9-4-5-13-10(11)8-9/h4-5,8H,3,6-7H2,1-2H3,(H,12,13). The van der Waals surface area contributed by atoms with E-state index in [2.05, 4.69) is 29.2 Å². The Kier molecular flexibility index (Phi) is 4.32. The number of hydrogen-bond donors (Lipinski definition) is 1. The van der Waals surface area contributed by atoms with E-state index in [0.717, 1.165) is 25.3 Å². The van der Waals surface area contributed by atoms with Crippen LogP contribution in [-0.4, -0.2) is 36.6 Å². The normalized spacial score (nSPS) is 10.6. The van der Waals surface area contributed by atoms with Crippen molar-refractivity contribution in [2.45, 2.75) is 6.92 Å². The van der Waals surface area contributed by atoms with Gasteiger partial charge in [-0.2, -0.15) is 4.39 Å². The van der Waals surface area contributed by atoms with Crippen molar-refractivity contribution >= 4 is 5.69 Å². The molecule has 1 aromatic heterocycles. The Morgan fingerprint density at radius 2 is 2.36 bits per heavy atom. The molecule has 0 unspecified atom stereocenters. The molecule has 1 heterocycles. The zero-order valence-corrected chi connectivity index (χ0v) is 8.63. The molecule has 0 spiro atoms. The summed E-state index contributed by atoms with van der Waals surface area (Å²) in [4.78, 5) is 5.67. The van der Waals surface area contributed by atoms with Crippen molar-refractivity contribution in [1.82, 2.24) is 9.88 Å². The molecule has 0 bridgehead atoms. The molecular formula is C10H16FN3. The molecule has 0 aliphatic carbocycles. The molecule has 0 aromatic carbocycles. The van der Waals surface area contributed by atoms with E-state index in [0.29, 0.717) is 0 Å². The van der Waals surface area contributed by atoms with Crippen molar-refractivity contribution in [3.63, 3.8) is 0 Å². The quantitative estimate of drug-likeness (QED) is 0.726. The monoisotopic (exact) mass is 197 g/mol. The van der Waals surface area contributed by atoms with Crippen LogP contribution in [0.15, 0.2) is 18.3 Å². The Morgan fingerprint density at radius 3 is 3.00 bits per heavy atom. The molecule has 0 amide bonds. The van der Waals surface area contributed by atoms with Crippen molar-refractivity contribution < 1.29 is 4.39 Å². The fraction of sp³-hybridized carbons (Fsp3) is 0.500.